The van der Waals surface area contributed by atoms with E-state index < -0.39 is 32.2 Å². The van der Waals surface area contributed by atoms with Gasteiger partial charge in [0.1, 0.15) is 0 Å². The molecule has 0 amide bonds. The summed E-state index contributed by atoms with van der Waals surface area (Å²) in [6.07, 6.45) is 0. The number of hydrogen-bond acceptors (Lipinski definition) is 6. The molecule has 0 bridgehead atoms. The molecule has 2 aromatic rings. The second-order valence-electron chi connectivity index (χ2n) is 4.86. The minimum Gasteiger partial charge on any atom is -0.397 e. The molecule has 0 aliphatic rings. The Morgan fingerprint density at radius 2 is 1.58 bits per heavy atom. The molecule has 2 aromatic carbocycles. The Bertz CT molecular complexity index is 942. The first-order chi connectivity index (χ1) is 11.2. The van der Waals surface area contributed by atoms with Gasteiger partial charge in [0.05, 0.1) is 32.9 Å². The van der Waals surface area contributed by atoms with Crippen molar-refractivity contribution >= 4 is 42.8 Å². The van der Waals surface area contributed by atoms with Crippen LogP contribution >= 0.6 is 11.6 Å². The fraction of sp³-hybridized carbons (Fsp3) is 0.143. The molecule has 0 aliphatic heterocycles. The van der Waals surface area contributed by atoms with Crippen molar-refractivity contribution in [1.82, 2.24) is 0 Å². The molecule has 0 radical (unpaired) electrons. The molecule has 7 nitrogen and oxygen atoms in total. The van der Waals surface area contributed by atoms with Gasteiger partial charge in [0.15, 0.2) is 9.84 Å². The van der Waals surface area contributed by atoms with Crippen LogP contribution in [0.25, 0.3) is 0 Å². The van der Waals surface area contributed by atoms with Crippen LogP contribution in [0.2, 0.25) is 5.02 Å². The number of anilines is 2. The van der Waals surface area contributed by atoms with Gasteiger partial charge < -0.3 is 10.8 Å². The van der Waals surface area contributed by atoms with Crippen molar-refractivity contribution < 1.29 is 21.9 Å². The third-order valence-corrected chi connectivity index (χ3v) is 6.54. The number of hydrogen-bond donors (Lipinski definition) is 3. The van der Waals surface area contributed by atoms with E-state index in [0.29, 0.717) is 0 Å². The minimum absolute atomic E-state index is 0.00441. The van der Waals surface area contributed by atoms with Gasteiger partial charge in [0.2, 0.25) is 0 Å². The van der Waals surface area contributed by atoms with Gasteiger partial charge in [-0.25, -0.2) is 16.8 Å². The fourth-order valence-corrected chi connectivity index (χ4v) is 4.11. The van der Waals surface area contributed by atoms with Gasteiger partial charge in [-0.2, -0.15) is 0 Å². The third kappa shape index (κ3) is 4.18. The molecule has 130 valence electrons. The van der Waals surface area contributed by atoms with Gasteiger partial charge in [0.25, 0.3) is 10.0 Å². The Kier molecular flexibility index (Phi) is 5.38. The molecular formula is C14H15ClN2O5S2. The molecule has 10 heteroatoms. The fourth-order valence-electron chi connectivity index (χ4n) is 1.87. The van der Waals surface area contributed by atoms with Crippen LogP contribution in [0.15, 0.2) is 52.3 Å². The highest BCUT2D eigenvalue weighted by atomic mass is 35.5. The zero-order chi connectivity index (χ0) is 18.0. The van der Waals surface area contributed by atoms with Crippen molar-refractivity contribution in [3.63, 3.8) is 0 Å². The largest absolute Gasteiger partial charge is 0.397 e. The Morgan fingerprint density at radius 1 is 1.00 bits per heavy atom. The summed E-state index contributed by atoms with van der Waals surface area (Å²) < 4.78 is 50.5. The van der Waals surface area contributed by atoms with E-state index in [4.69, 9.17) is 22.4 Å². The van der Waals surface area contributed by atoms with E-state index in [1.54, 1.807) is 0 Å². The maximum atomic E-state index is 12.3. The van der Waals surface area contributed by atoms with Gasteiger partial charge in [-0.1, -0.05) is 11.6 Å². The van der Waals surface area contributed by atoms with Gasteiger partial charge >= 0.3 is 0 Å². The molecular weight excluding hydrogens is 376 g/mol. The average molecular weight is 391 g/mol. The van der Waals surface area contributed by atoms with Crippen molar-refractivity contribution in [3.8, 4) is 0 Å². The number of aliphatic hydroxyl groups is 1. The van der Waals surface area contributed by atoms with E-state index in [1.807, 2.05) is 0 Å². The first-order valence-corrected chi connectivity index (χ1v) is 10.2. The highest BCUT2D eigenvalue weighted by molar-refractivity contribution is 7.92. The molecule has 2 rings (SSSR count). The van der Waals surface area contributed by atoms with Crippen LogP contribution in [0.5, 0.6) is 0 Å². The molecule has 0 aromatic heterocycles. The van der Waals surface area contributed by atoms with E-state index >= 15 is 0 Å². The summed E-state index contributed by atoms with van der Waals surface area (Å²) in [5, 5.41) is 8.99. The number of nitrogens with one attached hydrogen (secondary N) is 1. The number of rotatable bonds is 6. The monoisotopic (exact) mass is 390 g/mol. The molecule has 0 fully saturated rings. The SMILES string of the molecule is Nc1cc(S(=O)(=O)Nc2ccc(S(=O)(=O)CCO)cc2)ccc1Cl. The maximum Gasteiger partial charge on any atom is 0.261 e. The first-order valence-electron chi connectivity index (χ1n) is 6.67. The molecule has 0 spiro atoms. The number of aliphatic hydroxyl groups excluding tert-OH is 1. The van der Waals surface area contributed by atoms with E-state index in [1.165, 1.54) is 42.5 Å². The lowest BCUT2D eigenvalue weighted by atomic mass is 10.3. The average Bonchev–Trinajstić information content (AvgIpc) is 2.50. The van der Waals surface area contributed by atoms with E-state index in [-0.39, 0.29) is 26.2 Å². The smallest absolute Gasteiger partial charge is 0.261 e. The second kappa shape index (κ2) is 6.98. The Labute approximate surface area is 145 Å². The second-order valence-corrected chi connectivity index (χ2v) is 9.05. The van der Waals surface area contributed by atoms with Crippen LogP contribution in [0.4, 0.5) is 11.4 Å². The molecule has 0 unspecified atom stereocenters. The minimum atomic E-state index is -3.89. The summed E-state index contributed by atoms with van der Waals surface area (Å²) in [7, 11) is -7.48. The summed E-state index contributed by atoms with van der Waals surface area (Å²) >= 11 is 5.76. The highest BCUT2D eigenvalue weighted by Crippen LogP contribution is 2.24. The molecule has 0 atom stereocenters. The van der Waals surface area contributed by atoms with Crippen LogP contribution in [-0.4, -0.2) is 34.3 Å². The normalized spacial score (nSPS) is 12.1. The summed E-state index contributed by atoms with van der Waals surface area (Å²) in [6.45, 7) is -0.491. The summed E-state index contributed by atoms with van der Waals surface area (Å²) in [5.41, 5.74) is 5.91. The number of halogens is 1. The number of nitrogens with two attached hydrogens (primary N) is 1. The number of benzene rings is 2. The predicted octanol–water partition coefficient (Wildman–Crippen LogP) is 1.49. The Balaban J connectivity index is 2.26. The van der Waals surface area contributed by atoms with Crippen LogP contribution in [0, 0.1) is 0 Å². The lowest BCUT2D eigenvalue weighted by molar-refractivity contribution is 0.319. The number of nitrogen functional groups attached to an aromatic ring is 1. The van der Waals surface area contributed by atoms with Gasteiger partial charge in [-0.3, -0.25) is 4.72 Å². The first kappa shape index (κ1) is 18.5. The Morgan fingerprint density at radius 3 is 2.12 bits per heavy atom. The maximum absolute atomic E-state index is 12.3. The number of sulfonamides is 1. The van der Waals surface area contributed by atoms with Crippen molar-refractivity contribution in [2.24, 2.45) is 0 Å². The van der Waals surface area contributed by atoms with Crippen LogP contribution < -0.4 is 10.5 Å². The highest BCUT2D eigenvalue weighted by Gasteiger charge is 2.17. The van der Waals surface area contributed by atoms with Crippen molar-refractivity contribution in [3.05, 3.63) is 47.5 Å². The van der Waals surface area contributed by atoms with E-state index in [0.717, 1.165) is 0 Å². The standard InChI is InChI=1S/C14H15ClN2O5S2/c15-13-6-5-12(9-14(13)16)24(21,22)17-10-1-3-11(4-2-10)23(19,20)8-7-18/h1-6,9,17-18H,7-8,16H2. The predicted molar refractivity (Wildman–Crippen MR) is 92.3 cm³/mol. The zero-order valence-electron chi connectivity index (χ0n) is 12.3. The summed E-state index contributed by atoms with van der Waals surface area (Å²) in [6, 6.07) is 9.07. The molecule has 4 N–H and O–H groups in total. The molecule has 0 saturated carbocycles. The molecule has 0 aliphatic carbocycles. The van der Waals surface area contributed by atoms with Gasteiger partial charge in [-0.15, -0.1) is 0 Å². The van der Waals surface area contributed by atoms with Gasteiger partial charge in [-0.05, 0) is 42.5 Å². The van der Waals surface area contributed by atoms with E-state index in [2.05, 4.69) is 4.72 Å². The van der Waals surface area contributed by atoms with Crippen LogP contribution in [-0.2, 0) is 19.9 Å². The van der Waals surface area contributed by atoms with E-state index in [9.17, 15) is 16.8 Å². The van der Waals surface area contributed by atoms with Crippen LogP contribution in [0.3, 0.4) is 0 Å². The van der Waals surface area contributed by atoms with Crippen molar-refractivity contribution in [2.75, 3.05) is 22.8 Å². The number of sulfone groups is 1. The Hall–Kier alpha value is -1.81. The molecule has 0 saturated heterocycles. The van der Waals surface area contributed by atoms with Crippen molar-refractivity contribution in [2.45, 2.75) is 9.79 Å². The quantitative estimate of drug-likeness (QED) is 0.641. The zero-order valence-corrected chi connectivity index (χ0v) is 14.7. The third-order valence-electron chi connectivity index (χ3n) is 3.10. The van der Waals surface area contributed by atoms with Crippen LogP contribution in [0.1, 0.15) is 0 Å². The van der Waals surface area contributed by atoms with Gasteiger partial charge in [0, 0.05) is 5.69 Å². The lowest BCUT2D eigenvalue weighted by Crippen LogP contribution is -2.14. The van der Waals surface area contributed by atoms with Crippen molar-refractivity contribution in [1.29, 1.82) is 0 Å². The molecule has 0 heterocycles. The summed E-state index contributed by atoms with van der Waals surface area (Å²) in [4.78, 5) is -0.0726. The topological polar surface area (TPSA) is 127 Å². The summed E-state index contributed by atoms with van der Waals surface area (Å²) in [5.74, 6) is -0.401. The lowest BCUT2D eigenvalue weighted by Gasteiger charge is -2.10. The molecule has 24 heavy (non-hydrogen) atoms.